The van der Waals surface area contributed by atoms with Crippen LogP contribution < -0.4 is 0 Å². The van der Waals surface area contributed by atoms with E-state index in [0.717, 1.165) is 18.6 Å². The molecule has 17 heavy (non-hydrogen) atoms. The van der Waals surface area contributed by atoms with E-state index >= 15 is 0 Å². The highest BCUT2D eigenvalue weighted by molar-refractivity contribution is 5.96. The van der Waals surface area contributed by atoms with Crippen LogP contribution in [-0.4, -0.2) is 25.3 Å². The van der Waals surface area contributed by atoms with Crippen molar-refractivity contribution in [3.05, 3.63) is 35.9 Å². The molecule has 0 aromatic heterocycles. The molecule has 0 N–H and O–H groups in total. The SMILES string of the molecule is O=C(C[C@H]1CO[C@H]2OCC[C@@H]12)c1ccccc1. The molecule has 3 heteroatoms. The molecule has 2 heterocycles. The summed E-state index contributed by atoms with van der Waals surface area (Å²) < 4.78 is 11.0. The Balaban J connectivity index is 1.66. The summed E-state index contributed by atoms with van der Waals surface area (Å²) in [6.07, 6.45) is 1.55. The molecule has 0 aliphatic carbocycles. The van der Waals surface area contributed by atoms with E-state index in [0.29, 0.717) is 24.9 Å². The van der Waals surface area contributed by atoms with E-state index in [1.54, 1.807) is 0 Å². The zero-order valence-electron chi connectivity index (χ0n) is 9.67. The van der Waals surface area contributed by atoms with Gasteiger partial charge in [0.05, 0.1) is 13.2 Å². The van der Waals surface area contributed by atoms with Crippen molar-refractivity contribution in [2.75, 3.05) is 13.2 Å². The molecule has 1 aromatic carbocycles. The lowest BCUT2D eigenvalue weighted by molar-refractivity contribution is -0.0905. The summed E-state index contributed by atoms with van der Waals surface area (Å²) >= 11 is 0. The summed E-state index contributed by atoms with van der Waals surface area (Å²) in [4.78, 5) is 12.1. The Labute approximate surface area is 101 Å². The quantitative estimate of drug-likeness (QED) is 0.750. The molecule has 3 nitrogen and oxygen atoms in total. The van der Waals surface area contributed by atoms with Crippen molar-refractivity contribution >= 4 is 5.78 Å². The Bertz CT molecular complexity index is 401. The largest absolute Gasteiger partial charge is 0.352 e. The van der Waals surface area contributed by atoms with E-state index in [1.165, 1.54) is 0 Å². The van der Waals surface area contributed by atoms with E-state index in [9.17, 15) is 4.79 Å². The van der Waals surface area contributed by atoms with Gasteiger partial charge >= 0.3 is 0 Å². The summed E-state index contributed by atoms with van der Waals surface area (Å²) in [5, 5.41) is 0. The van der Waals surface area contributed by atoms with Gasteiger partial charge in [-0.3, -0.25) is 4.79 Å². The van der Waals surface area contributed by atoms with Gasteiger partial charge in [0.15, 0.2) is 12.1 Å². The van der Waals surface area contributed by atoms with Crippen molar-refractivity contribution in [3.8, 4) is 0 Å². The van der Waals surface area contributed by atoms with E-state index in [4.69, 9.17) is 9.47 Å². The van der Waals surface area contributed by atoms with Crippen molar-refractivity contribution in [1.29, 1.82) is 0 Å². The number of benzene rings is 1. The fraction of sp³-hybridized carbons (Fsp3) is 0.500. The van der Waals surface area contributed by atoms with Gasteiger partial charge in [0.1, 0.15) is 0 Å². The highest BCUT2D eigenvalue weighted by Crippen LogP contribution is 2.37. The first-order chi connectivity index (χ1) is 8.34. The van der Waals surface area contributed by atoms with Crippen molar-refractivity contribution in [3.63, 3.8) is 0 Å². The molecule has 0 spiro atoms. The standard InChI is InChI=1S/C14H16O3/c15-13(10-4-2-1-3-5-10)8-11-9-17-14-12(11)6-7-16-14/h1-5,11-12,14H,6-9H2/t11-,12-,14+/m0/s1. The normalized spacial score (nSPS) is 31.4. The molecule has 0 saturated carbocycles. The maximum Gasteiger partial charge on any atom is 0.163 e. The predicted octanol–water partition coefficient (Wildman–Crippen LogP) is 2.27. The van der Waals surface area contributed by atoms with Gasteiger partial charge in [-0.25, -0.2) is 0 Å². The van der Waals surface area contributed by atoms with Crippen molar-refractivity contribution in [2.45, 2.75) is 19.1 Å². The van der Waals surface area contributed by atoms with Gasteiger partial charge in [-0.2, -0.15) is 0 Å². The molecule has 0 radical (unpaired) electrons. The first-order valence-electron chi connectivity index (χ1n) is 6.16. The van der Waals surface area contributed by atoms with Crippen LogP contribution in [0.25, 0.3) is 0 Å². The second-order valence-corrected chi connectivity index (χ2v) is 4.78. The van der Waals surface area contributed by atoms with Gasteiger partial charge in [-0.05, 0) is 12.3 Å². The highest BCUT2D eigenvalue weighted by atomic mass is 16.7. The van der Waals surface area contributed by atoms with Crippen LogP contribution in [0.3, 0.4) is 0 Å². The van der Waals surface area contributed by atoms with Gasteiger partial charge in [0.25, 0.3) is 0 Å². The van der Waals surface area contributed by atoms with Crippen LogP contribution in [0, 0.1) is 11.8 Å². The van der Waals surface area contributed by atoms with Gasteiger partial charge in [0, 0.05) is 17.9 Å². The molecule has 2 aliphatic heterocycles. The second-order valence-electron chi connectivity index (χ2n) is 4.78. The molecule has 1 aromatic rings. The molecule has 0 amide bonds. The fourth-order valence-electron chi connectivity index (χ4n) is 2.74. The third-order valence-corrected chi connectivity index (χ3v) is 3.71. The Kier molecular flexibility index (Phi) is 2.95. The summed E-state index contributed by atoms with van der Waals surface area (Å²) in [5.41, 5.74) is 0.801. The van der Waals surface area contributed by atoms with Crippen LogP contribution in [0.2, 0.25) is 0 Å². The topological polar surface area (TPSA) is 35.5 Å². The lowest BCUT2D eigenvalue weighted by Crippen LogP contribution is -2.18. The van der Waals surface area contributed by atoms with Crippen LogP contribution in [0.5, 0.6) is 0 Å². The van der Waals surface area contributed by atoms with Crippen molar-refractivity contribution < 1.29 is 14.3 Å². The van der Waals surface area contributed by atoms with Crippen molar-refractivity contribution in [2.24, 2.45) is 11.8 Å². The van der Waals surface area contributed by atoms with E-state index < -0.39 is 0 Å². The van der Waals surface area contributed by atoms with Crippen LogP contribution in [0.1, 0.15) is 23.2 Å². The van der Waals surface area contributed by atoms with Gasteiger partial charge in [-0.1, -0.05) is 30.3 Å². The number of ether oxygens (including phenoxy) is 2. The lowest BCUT2D eigenvalue weighted by Gasteiger charge is -2.13. The van der Waals surface area contributed by atoms with Crippen LogP contribution in [0.4, 0.5) is 0 Å². The number of ketones is 1. The average Bonchev–Trinajstić information content (AvgIpc) is 2.95. The molecule has 2 fully saturated rings. The first kappa shape index (κ1) is 10.9. The maximum atomic E-state index is 12.1. The van der Waals surface area contributed by atoms with Crippen LogP contribution in [0.15, 0.2) is 30.3 Å². The molecule has 2 saturated heterocycles. The number of carbonyl (C=O) groups excluding carboxylic acids is 1. The highest BCUT2D eigenvalue weighted by Gasteiger charge is 2.42. The fourth-order valence-corrected chi connectivity index (χ4v) is 2.74. The monoisotopic (exact) mass is 232 g/mol. The molecule has 3 atom stereocenters. The Morgan fingerprint density at radius 2 is 2.06 bits per heavy atom. The summed E-state index contributed by atoms with van der Waals surface area (Å²) in [6, 6.07) is 9.48. The molecular formula is C14H16O3. The number of rotatable bonds is 3. The number of carbonyl (C=O) groups is 1. The maximum absolute atomic E-state index is 12.1. The summed E-state index contributed by atoms with van der Waals surface area (Å²) in [6.45, 7) is 1.43. The van der Waals surface area contributed by atoms with E-state index in [-0.39, 0.29) is 12.1 Å². The third kappa shape index (κ3) is 2.13. The first-order valence-corrected chi connectivity index (χ1v) is 6.16. The summed E-state index contributed by atoms with van der Waals surface area (Å²) in [7, 11) is 0. The Hall–Kier alpha value is -1.19. The second kappa shape index (κ2) is 4.59. The Morgan fingerprint density at radius 1 is 1.24 bits per heavy atom. The van der Waals surface area contributed by atoms with Crippen LogP contribution in [-0.2, 0) is 9.47 Å². The van der Waals surface area contributed by atoms with Crippen molar-refractivity contribution in [1.82, 2.24) is 0 Å². The molecule has 2 aliphatic rings. The molecule has 0 unspecified atom stereocenters. The zero-order valence-corrected chi connectivity index (χ0v) is 9.67. The molecule has 90 valence electrons. The molecule has 3 rings (SSSR count). The number of hydrogen-bond donors (Lipinski definition) is 0. The summed E-state index contributed by atoms with van der Waals surface area (Å²) in [5.74, 6) is 0.963. The average molecular weight is 232 g/mol. The van der Waals surface area contributed by atoms with E-state index in [1.807, 2.05) is 30.3 Å². The minimum Gasteiger partial charge on any atom is -0.352 e. The number of hydrogen-bond acceptors (Lipinski definition) is 3. The van der Waals surface area contributed by atoms with Gasteiger partial charge in [-0.15, -0.1) is 0 Å². The third-order valence-electron chi connectivity index (χ3n) is 3.71. The molecular weight excluding hydrogens is 216 g/mol. The number of fused-ring (bicyclic) bond motifs is 1. The lowest BCUT2D eigenvalue weighted by atomic mass is 9.88. The van der Waals surface area contributed by atoms with E-state index in [2.05, 4.69) is 0 Å². The predicted molar refractivity (Wildman–Crippen MR) is 62.7 cm³/mol. The van der Waals surface area contributed by atoms with Gasteiger partial charge < -0.3 is 9.47 Å². The zero-order chi connectivity index (χ0) is 11.7. The van der Waals surface area contributed by atoms with Crippen LogP contribution >= 0.6 is 0 Å². The number of Topliss-reactive ketones (excluding diaryl/α,β-unsaturated/α-hetero) is 1. The minimum atomic E-state index is -0.0522. The van der Waals surface area contributed by atoms with Gasteiger partial charge in [0.2, 0.25) is 0 Å². The molecule has 0 bridgehead atoms. The minimum absolute atomic E-state index is 0.0522. The smallest absolute Gasteiger partial charge is 0.163 e. The Morgan fingerprint density at radius 3 is 2.88 bits per heavy atom.